The van der Waals surface area contributed by atoms with E-state index in [4.69, 9.17) is 23.2 Å². The molecule has 0 spiro atoms. The van der Waals surface area contributed by atoms with E-state index in [0.29, 0.717) is 22.0 Å². The van der Waals surface area contributed by atoms with Gasteiger partial charge in [-0.15, -0.1) is 0 Å². The van der Waals surface area contributed by atoms with Crippen molar-refractivity contribution in [1.29, 1.82) is 0 Å². The minimum absolute atomic E-state index is 0.229. The number of rotatable bonds is 2. The molecule has 0 aliphatic heterocycles. The maximum absolute atomic E-state index is 12.4. The van der Waals surface area contributed by atoms with Crippen LogP contribution in [0.5, 0.6) is 0 Å². The molecule has 1 heterocycles. The molecule has 0 atom stereocenters. The van der Waals surface area contributed by atoms with E-state index in [-0.39, 0.29) is 10.9 Å². The van der Waals surface area contributed by atoms with Gasteiger partial charge in [0.1, 0.15) is 5.69 Å². The standard InChI is InChI=1S/C20H12Cl2N2O/c21-18-9-4-8-17(19(18)22)20(25)24-16-7-3-5-14(13-16)10-11-15-6-1-2-12-23-15/h1-9,12-13H,(H,24,25). The van der Waals surface area contributed by atoms with E-state index in [9.17, 15) is 4.79 Å². The van der Waals surface area contributed by atoms with Crippen molar-refractivity contribution in [3.8, 4) is 11.8 Å². The zero-order chi connectivity index (χ0) is 17.6. The van der Waals surface area contributed by atoms with E-state index in [2.05, 4.69) is 22.1 Å². The molecule has 0 aliphatic rings. The minimum Gasteiger partial charge on any atom is -0.322 e. The normalized spacial score (nSPS) is 9.84. The molecule has 3 nitrogen and oxygen atoms in total. The van der Waals surface area contributed by atoms with Crippen molar-refractivity contribution in [2.24, 2.45) is 0 Å². The minimum atomic E-state index is -0.331. The van der Waals surface area contributed by atoms with Crippen LogP contribution >= 0.6 is 23.2 Å². The van der Waals surface area contributed by atoms with Crippen molar-refractivity contribution in [1.82, 2.24) is 4.98 Å². The Labute approximate surface area is 155 Å². The molecule has 3 rings (SSSR count). The maximum atomic E-state index is 12.4. The van der Waals surface area contributed by atoms with Crippen molar-refractivity contribution in [2.75, 3.05) is 5.32 Å². The third-order valence-electron chi connectivity index (χ3n) is 3.32. The first-order valence-corrected chi connectivity index (χ1v) is 8.17. The van der Waals surface area contributed by atoms with Crippen LogP contribution in [0.2, 0.25) is 10.0 Å². The van der Waals surface area contributed by atoms with Gasteiger partial charge in [0, 0.05) is 17.4 Å². The molecule has 0 fully saturated rings. The number of hydrogen-bond donors (Lipinski definition) is 1. The number of carbonyl (C=O) groups excluding carboxylic acids is 1. The number of aromatic nitrogens is 1. The summed E-state index contributed by atoms with van der Waals surface area (Å²) in [6, 6.07) is 17.7. The van der Waals surface area contributed by atoms with Gasteiger partial charge in [-0.3, -0.25) is 4.79 Å². The third kappa shape index (κ3) is 4.39. The fourth-order valence-corrected chi connectivity index (χ4v) is 2.51. The zero-order valence-electron chi connectivity index (χ0n) is 13.0. The Morgan fingerprint density at radius 2 is 1.80 bits per heavy atom. The summed E-state index contributed by atoms with van der Waals surface area (Å²) in [4.78, 5) is 16.5. The lowest BCUT2D eigenvalue weighted by Crippen LogP contribution is -2.12. The molecule has 3 aromatic rings. The summed E-state index contributed by atoms with van der Waals surface area (Å²) in [7, 11) is 0. The van der Waals surface area contributed by atoms with Gasteiger partial charge < -0.3 is 5.32 Å². The van der Waals surface area contributed by atoms with Crippen LogP contribution in [0.25, 0.3) is 0 Å². The Bertz CT molecular complexity index is 976. The summed E-state index contributed by atoms with van der Waals surface area (Å²) < 4.78 is 0. The number of nitrogens with zero attached hydrogens (tertiary/aromatic N) is 1. The second kappa shape index (κ2) is 7.85. The van der Waals surface area contributed by atoms with Gasteiger partial charge in [-0.1, -0.05) is 47.3 Å². The number of carbonyl (C=O) groups is 1. The van der Waals surface area contributed by atoms with Crippen LogP contribution < -0.4 is 5.32 Å². The summed E-state index contributed by atoms with van der Waals surface area (Å²) in [5.74, 6) is 5.67. The van der Waals surface area contributed by atoms with Crippen LogP contribution in [0.4, 0.5) is 5.69 Å². The highest BCUT2D eigenvalue weighted by Gasteiger charge is 2.12. The third-order valence-corrected chi connectivity index (χ3v) is 4.14. The van der Waals surface area contributed by atoms with Crippen LogP contribution in [0.3, 0.4) is 0 Å². The lowest BCUT2D eigenvalue weighted by atomic mass is 10.1. The molecule has 0 aliphatic carbocycles. The molecular weight excluding hydrogens is 355 g/mol. The summed E-state index contributed by atoms with van der Waals surface area (Å²) in [5, 5.41) is 3.37. The number of anilines is 1. The van der Waals surface area contributed by atoms with Gasteiger partial charge in [0.2, 0.25) is 0 Å². The van der Waals surface area contributed by atoms with E-state index < -0.39 is 0 Å². The van der Waals surface area contributed by atoms with Crippen molar-refractivity contribution >= 4 is 34.8 Å². The summed E-state index contributed by atoms with van der Waals surface area (Å²) in [6.45, 7) is 0. The second-order valence-corrected chi connectivity index (χ2v) is 5.89. The van der Waals surface area contributed by atoms with Crippen LogP contribution in [-0.2, 0) is 0 Å². The number of hydrogen-bond acceptors (Lipinski definition) is 2. The average molecular weight is 367 g/mol. The Kier molecular flexibility index (Phi) is 5.35. The molecule has 1 N–H and O–H groups in total. The Morgan fingerprint density at radius 1 is 0.960 bits per heavy atom. The predicted molar refractivity (Wildman–Crippen MR) is 101 cm³/mol. The highest BCUT2D eigenvalue weighted by molar-refractivity contribution is 6.44. The molecule has 25 heavy (non-hydrogen) atoms. The Balaban J connectivity index is 1.79. The van der Waals surface area contributed by atoms with Gasteiger partial charge in [-0.2, -0.15) is 0 Å². The summed E-state index contributed by atoms with van der Waals surface area (Å²) >= 11 is 12.0. The maximum Gasteiger partial charge on any atom is 0.257 e. The fourth-order valence-electron chi connectivity index (χ4n) is 2.13. The van der Waals surface area contributed by atoms with Crippen molar-refractivity contribution in [2.45, 2.75) is 0 Å². The SMILES string of the molecule is O=C(Nc1cccc(C#Cc2ccccn2)c1)c1cccc(Cl)c1Cl. The quantitative estimate of drug-likeness (QED) is 0.645. The van der Waals surface area contributed by atoms with E-state index in [1.807, 2.05) is 30.3 Å². The highest BCUT2D eigenvalue weighted by atomic mass is 35.5. The van der Waals surface area contributed by atoms with Gasteiger partial charge in [0.25, 0.3) is 5.91 Å². The van der Waals surface area contributed by atoms with E-state index in [1.54, 1.807) is 36.5 Å². The predicted octanol–water partition coefficient (Wildman–Crippen LogP) is 5.04. The number of amides is 1. The fraction of sp³-hybridized carbons (Fsp3) is 0. The van der Waals surface area contributed by atoms with E-state index in [0.717, 1.165) is 5.56 Å². The molecule has 2 aromatic carbocycles. The first-order chi connectivity index (χ1) is 12.1. The molecule has 0 saturated heterocycles. The molecule has 5 heteroatoms. The smallest absolute Gasteiger partial charge is 0.257 e. The monoisotopic (exact) mass is 366 g/mol. The average Bonchev–Trinajstić information content (AvgIpc) is 2.63. The Hall–Kier alpha value is -2.80. The van der Waals surface area contributed by atoms with Gasteiger partial charge in [0.05, 0.1) is 15.6 Å². The molecule has 1 aromatic heterocycles. The lowest BCUT2D eigenvalue weighted by Gasteiger charge is -2.08. The molecule has 0 saturated carbocycles. The Morgan fingerprint density at radius 3 is 2.60 bits per heavy atom. The number of nitrogens with one attached hydrogen (secondary N) is 1. The first-order valence-electron chi connectivity index (χ1n) is 7.42. The summed E-state index contributed by atoms with van der Waals surface area (Å²) in [6.07, 6.45) is 1.69. The van der Waals surface area contributed by atoms with Crippen LogP contribution in [0.15, 0.2) is 66.9 Å². The number of pyridine rings is 1. The van der Waals surface area contributed by atoms with Gasteiger partial charge in [0.15, 0.2) is 0 Å². The van der Waals surface area contributed by atoms with Gasteiger partial charge in [-0.05, 0) is 48.4 Å². The highest BCUT2D eigenvalue weighted by Crippen LogP contribution is 2.26. The molecule has 1 amide bonds. The van der Waals surface area contributed by atoms with Gasteiger partial charge in [-0.25, -0.2) is 4.98 Å². The lowest BCUT2D eigenvalue weighted by molar-refractivity contribution is 0.102. The van der Waals surface area contributed by atoms with Crippen molar-refractivity contribution in [3.05, 3.63) is 93.7 Å². The van der Waals surface area contributed by atoms with Crippen LogP contribution in [-0.4, -0.2) is 10.9 Å². The molecule has 0 radical (unpaired) electrons. The number of halogens is 2. The van der Waals surface area contributed by atoms with E-state index in [1.165, 1.54) is 0 Å². The van der Waals surface area contributed by atoms with Crippen LogP contribution in [0, 0.1) is 11.8 Å². The van der Waals surface area contributed by atoms with Gasteiger partial charge >= 0.3 is 0 Å². The molecular formula is C20H12Cl2N2O. The molecule has 122 valence electrons. The van der Waals surface area contributed by atoms with E-state index >= 15 is 0 Å². The van der Waals surface area contributed by atoms with Crippen LogP contribution in [0.1, 0.15) is 21.6 Å². The molecule has 0 unspecified atom stereocenters. The number of benzene rings is 2. The largest absolute Gasteiger partial charge is 0.322 e. The molecule has 0 bridgehead atoms. The topological polar surface area (TPSA) is 42.0 Å². The summed E-state index contributed by atoms with van der Waals surface area (Å²) in [5.41, 5.74) is 2.39. The van der Waals surface area contributed by atoms with Crippen molar-refractivity contribution < 1.29 is 4.79 Å². The zero-order valence-corrected chi connectivity index (χ0v) is 14.5. The second-order valence-electron chi connectivity index (χ2n) is 5.10. The van der Waals surface area contributed by atoms with Crippen molar-refractivity contribution in [3.63, 3.8) is 0 Å². The first kappa shape index (κ1) is 17.0.